The van der Waals surface area contributed by atoms with E-state index in [9.17, 15) is 0 Å². The van der Waals surface area contributed by atoms with Gasteiger partial charge in [0.25, 0.3) is 0 Å². The number of rotatable bonds is 1. The van der Waals surface area contributed by atoms with Crippen molar-refractivity contribution in [3.05, 3.63) is 53.9 Å². The predicted molar refractivity (Wildman–Crippen MR) is 70.5 cm³/mol. The van der Waals surface area contributed by atoms with Crippen LogP contribution in [-0.2, 0) is 6.42 Å². The molecule has 0 bridgehead atoms. The van der Waals surface area contributed by atoms with Gasteiger partial charge in [0.15, 0.2) is 0 Å². The molecule has 2 aromatic rings. The van der Waals surface area contributed by atoms with Crippen LogP contribution in [0.25, 0.3) is 11.1 Å². The SMILES string of the molecule is CC1=NCCc2c1cccc2-c1ccncc1. The second-order valence-electron chi connectivity index (χ2n) is 4.28. The maximum Gasteiger partial charge on any atom is 0.0433 e. The molecule has 1 aliphatic rings. The fourth-order valence-electron chi connectivity index (χ4n) is 2.42. The molecule has 0 radical (unpaired) electrons. The Morgan fingerprint density at radius 1 is 1.00 bits per heavy atom. The number of aromatic nitrogens is 1. The summed E-state index contributed by atoms with van der Waals surface area (Å²) in [6.45, 7) is 3.00. The van der Waals surface area contributed by atoms with E-state index in [1.54, 1.807) is 0 Å². The maximum absolute atomic E-state index is 4.51. The lowest BCUT2D eigenvalue weighted by molar-refractivity contribution is 0.943. The lowest BCUT2D eigenvalue weighted by Crippen LogP contribution is -2.10. The van der Waals surface area contributed by atoms with Crippen LogP contribution in [0, 0.1) is 0 Å². The molecule has 17 heavy (non-hydrogen) atoms. The van der Waals surface area contributed by atoms with Crippen molar-refractivity contribution >= 4 is 5.71 Å². The Hall–Kier alpha value is -1.96. The van der Waals surface area contributed by atoms with Crippen molar-refractivity contribution < 1.29 is 0 Å². The van der Waals surface area contributed by atoms with Crippen LogP contribution in [0.5, 0.6) is 0 Å². The van der Waals surface area contributed by atoms with Gasteiger partial charge in [-0.25, -0.2) is 0 Å². The molecule has 2 heteroatoms. The first-order valence-corrected chi connectivity index (χ1v) is 5.90. The van der Waals surface area contributed by atoms with Gasteiger partial charge in [-0.3, -0.25) is 9.98 Å². The van der Waals surface area contributed by atoms with E-state index < -0.39 is 0 Å². The minimum absolute atomic E-state index is 0.904. The van der Waals surface area contributed by atoms with Crippen molar-refractivity contribution in [2.75, 3.05) is 6.54 Å². The third-order valence-corrected chi connectivity index (χ3v) is 3.27. The zero-order valence-corrected chi connectivity index (χ0v) is 9.85. The minimum atomic E-state index is 0.904. The fraction of sp³-hybridized carbons (Fsp3) is 0.200. The van der Waals surface area contributed by atoms with Gasteiger partial charge in [0.05, 0.1) is 0 Å². The van der Waals surface area contributed by atoms with E-state index in [2.05, 4.69) is 47.2 Å². The lowest BCUT2D eigenvalue weighted by Gasteiger charge is -2.18. The molecule has 0 saturated heterocycles. The van der Waals surface area contributed by atoms with Gasteiger partial charge < -0.3 is 0 Å². The summed E-state index contributed by atoms with van der Waals surface area (Å²) in [5.41, 5.74) is 6.43. The molecule has 1 aromatic heterocycles. The van der Waals surface area contributed by atoms with Crippen molar-refractivity contribution in [1.29, 1.82) is 0 Å². The Morgan fingerprint density at radius 2 is 1.76 bits per heavy atom. The summed E-state index contributed by atoms with van der Waals surface area (Å²) in [4.78, 5) is 8.58. The van der Waals surface area contributed by atoms with E-state index in [0.717, 1.165) is 18.7 Å². The molecule has 0 unspecified atom stereocenters. The fourth-order valence-corrected chi connectivity index (χ4v) is 2.42. The molecule has 0 fully saturated rings. The normalized spacial score (nSPS) is 14.1. The third kappa shape index (κ3) is 1.76. The van der Waals surface area contributed by atoms with Crippen molar-refractivity contribution in [1.82, 2.24) is 4.98 Å². The Morgan fingerprint density at radius 3 is 2.59 bits per heavy atom. The van der Waals surface area contributed by atoms with Crippen LogP contribution >= 0.6 is 0 Å². The van der Waals surface area contributed by atoms with Crippen LogP contribution in [0.3, 0.4) is 0 Å². The van der Waals surface area contributed by atoms with Crippen molar-refractivity contribution in [3.8, 4) is 11.1 Å². The average molecular weight is 222 g/mol. The van der Waals surface area contributed by atoms with Crippen LogP contribution < -0.4 is 0 Å². The molecule has 0 saturated carbocycles. The largest absolute Gasteiger partial charge is 0.289 e. The second kappa shape index (κ2) is 4.13. The molecular weight excluding hydrogens is 208 g/mol. The van der Waals surface area contributed by atoms with E-state index in [1.807, 2.05) is 12.4 Å². The number of aliphatic imine (C=N–C) groups is 1. The van der Waals surface area contributed by atoms with Gasteiger partial charge in [-0.05, 0) is 47.7 Å². The highest BCUT2D eigenvalue weighted by atomic mass is 14.7. The number of benzene rings is 1. The van der Waals surface area contributed by atoms with Gasteiger partial charge in [-0.1, -0.05) is 18.2 Å². The summed E-state index contributed by atoms with van der Waals surface area (Å²) in [6, 6.07) is 10.6. The lowest BCUT2D eigenvalue weighted by atomic mass is 9.90. The molecule has 0 spiro atoms. The number of hydrogen-bond donors (Lipinski definition) is 0. The van der Waals surface area contributed by atoms with Crippen LogP contribution in [0.15, 0.2) is 47.7 Å². The molecule has 0 aliphatic carbocycles. The third-order valence-electron chi connectivity index (χ3n) is 3.27. The predicted octanol–water partition coefficient (Wildman–Crippen LogP) is 3.11. The summed E-state index contributed by atoms with van der Waals surface area (Å²) in [7, 11) is 0. The highest BCUT2D eigenvalue weighted by molar-refractivity contribution is 6.02. The Labute approximate surface area is 101 Å². The maximum atomic E-state index is 4.51. The number of hydrogen-bond acceptors (Lipinski definition) is 2. The molecule has 1 aliphatic heterocycles. The van der Waals surface area contributed by atoms with E-state index in [0.29, 0.717) is 0 Å². The van der Waals surface area contributed by atoms with Crippen molar-refractivity contribution in [2.45, 2.75) is 13.3 Å². The van der Waals surface area contributed by atoms with Crippen molar-refractivity contribution in [3.63, 3.8) is 0 Å². The second-order valence-corrected chi connectivity index (χ2v) is 4.28. The highest BCUT2D eigenvalue weighted by Gasteiger charge is 2.14. The van der Waals surface area contributed by atoms with E-state index in [1.165, 1.54) is 22.3 Å². The first kappa shape index (κ1) is 10.2. The number of fused-ring (bicyclic) bond motifs is 1. The smallest absolute Gasteiger partial charge is 0.0433 e. The van der Waals surface area contributed by atoms with Gasteiger partial charge in [0.2, 0.25) is 0 Å². The van der Waals surface area contributed by atoms with Gasteiger partial charge in [-0.15, -0.1) is 0 Å². The summed E-state index contributed by atoms with van der Waals surface area (Å²) in [5, 5.41) is 0. The van der Waals surface area contributed by atoms with E-state index >= 15 is 0 Å². The van der Waals surface area contributed by atoms with Crippen molar-refractivity contribution in [2.24, 2.45) is 4.99 Å². The summed E-state index contributed by atoms with van der Waals surface area (Å²) in [5.74, 6) is 0. The monoisotopic (exact) mass is 222 g/mol. The standard InChI is InChI=1S/C15H14N2/c1-11-13-3-2-4-14(15(13)7-10-17-11)12-5-8-16-9-6-12/h2-6,8-9H,7,10H2,1H3. The quantitative estimate of drug-likeness (QED) is 0.727. The topological polar surface area (TPSA) is 25.2 Å². The average Bonchev–Trinajstić information content (AvgIpc) is 2.40. The van der Waals surface area contributed by atoms with Crippen LogP contribution in [0.4, 0.5) is 0 Å². The van der Waals surface area contributed by atoms with E-state index in [-0.39, 0.29) is 0 Å². The highest BCUT2D eigenvalue weighted by Crippen LogP contribution is 2.28. The Bertz CT molecular complexity index is 571. The summed E-state index contributed by atoms with van der Waals surface area (Å²) < 4.78 is 0. The summed E-state index contributed by atoms with van der Waals surface area (Å²) >= 11 is 0. The number of pyridine rings is 1. The molecule has 0 atom stereocenters. The Kier molecular flexibility index (Phi) is 2.48. The van der Waals surface area contributed by atoms with Gasteiger partial charge in [-0.2, -0.15) is 0 Å². The Balaban J connectivity index is 2.20. The molecule has 2 nitrogen and oxygen atoms in total. The van der Waals surface area contributed by atoms with Gasteiger partial charge in [0, 0.05) is 24.7 Å². The molecule has 3 rings (SSSR count). The molecule has 84 valence electrons. The first-order chi connectivity index (χ1) is 8.36. The molecule has 1 aromatic carbocycles. The molecule has 0 amide bonds. The zero-order valence-electron chi connectivity index (χ0n) is 9.85. The van der Waals surface area contributed by atoms with Gasteiger partial charge >= 0.3 is 0 Å². The van der Waals surface area contributed by atoms with Gasteiger partial charge in [0.1, 0.15) is 0 Å². The number of nitrogens with zero attached hydrogens (tertiary/aromatic N) is 2. The first-order valence-electron chi connectivity index (χ1n) is 5.90. The molecule has 2 heterocycles. The van der Waals surface area contributed by atoms with E-state index in [4.69, 9.17) is 0 Å². The van der Waals surface area contributed by atoms with Crippen LogP contribution in [0.2, 0.25) is 0 Å². The van der Waals surface area contributed by atoms with Crippen LogP contribution in [0.1, 0.15) is 18.1 Å². The molecule has 0 N–H and O–H groups in total. The zero-order chi connectivity index (χ0) is 11.7. The minimum Gasteiger partial charge on any atom is -0.289 e. The van der Waals surface area contributed by atoms with Crippen LogP contribution in [-0.4, -0.2) is 17.2 Å². The molecular formula is C15H14N2. The summed E-state index contributed by atoms with van der Waals surface area (Å²) in [6.07, 6.45) is 4.72.